The molecule has 8 rings (SSSR count). The van der Waals surface area contributed by atoms with E-state index in [2.05, 4.69) is 40.9 Å². The number of methoxy groups -OCH3 is 1. The third kappa shape index (κ3) is 11.4. The zero-order valence-electron chi connectivity index (χ0n) is 35.6. The summed E-state index contributed by atoms with van der Waals surface area (Å²) in [6.45, 7) is 9.12. The Morgan fingerprint density at radius 1 is 0.661 bits per heavy atom. The monoisotopic (exact) mass is 822 g/mol. The molecule has 4 aromatic heterocycles. The number of aryl methyl sites for hydroxylation is 3. The summed E-state index contributed by atoms with van der Waals surface area (Å²) in [6, 6.07) is 41.7. The first kappa shape index (κ1) is 42.6. The van der Waals surface area contributed by atoms with E-state index in [9.17, 15) is 9.59 Å². The van der Waals surface area contributed by atoms with Crippen molar-refractivity contribution in [2.24, 2.45) is 0 Å². The molecule has 2 amide bonds. The number of anilines is 3. The summed E-state index contributed by atoms with van der Waals surface area (Å²) in [5.41, 5.74) is 13.7. The van der Waals surface area contributed by atoms with Crippen molar-refractivity contribution in [3.63, 3.8) is 0 Å². The van der Waals surface area contributed by atoms with Gasteiger partial charge in [0.2, 0.25) is 11.8 Å². The zero-order valence-corrected chi connectivity index (χ0v) is 35.6. The second kappa shape index (κ2) is 20.2. The number of benzene rings is 4. The molecule has 312 valence electrons. The van der Waals surface area contributed by atoms with Gasteiger partial charge in [-0.25, -0.2) is 9.97 Å². The van der Waals surface area contributed by atoms with Gasteiger partial charge in [0.1, 0.15) is 11.6 Å². The van der Waals surface area contributed by atoms with Gasteiger partial charge in [0.15, 0.2) is 0 Å². The highest BCUT2D eigenvalue weighted by atomic mass is 16.5. The van der Waals surface area contributed by atoms with E-state index < -0.39 is 0 Å². The van der Waals surface area contributed by atoms with Crippen molar-refractivity contribution in [1.29, 1.82) is 0 Å². The summed E-state index contributed by atoms with van der Waals surface area (Å²) in [4.78, 5) is 45.9. The maximum absolute atomic E-state index is 13.0. The Morgan fingerprint density at radius 2 is 1.29 bits per heavy atom. The van der Waals surface area contributed by atoms with Crippen LogP contribution in [0.4, 0.5) is 17.2 Å². The standard InChI is InChI=1S/C29H30N4O2.C22H20N4O/c1-20-17-25(13-14-30-20)22-7-10-27(11-8-22)33-29(34)21(2)23-5-4-6-24(18-23)26-9-12-28(32-19-26)31-15-16-35-3;1-14-11-18(9-10-23-14)17-4-6-19(7-5-17)26-22(27)13-16-3-8-20-21(12-16)25-15(2)24-20/h4-14,17-19,21H,15-16H2,1-3H3,(H,31,32)(H,33,34);3-12H,13H2,1-2H3,(H,24,25)(H,26,27). The van der Waals surface area contributed by atoms with Crippen molar-refractivity contribution in [2.45, 2.75) is 40.0 Å². The number of carbonyl (C=O) groups is 2. The average Bonchev–Trinajstić information content (AvgIpc) is 3.66. The number of nitrogens with zero attached hydrogens (tertiary/aromatic N) is 4. The molecule has 4 heterocycles. The maximum Gasteiger partial charge on any atom is 0.231 e. The topological polar surface area (TPSA) is 147 Å². The largest absolute Gasteiger partial charge is 0.383 e. The number of carbonyl (C=O) groups excluding carboxylic acids is 2. The van der Waals surface area contributed by atoms with Gasteiger partial charge in [-0.3, -0.25) is 19.6 Å². The summed E-state index contributed by atoms with van der Waals surface area (Å²) >= 11 is 0. The highest BCUT2D eigenvalue weighted by Crippen LogP contribution is 2.27. The Morgan fingerprint density at radius 3 is 1.90 bits per heavy atom. The van der Waals surface area contributed by atoms with Crippen molar-refractivity contribution in [1.82, 2.24) is 24.9 Å². The summed E-state index contributed by atoms with van der Waals surface area (Å²) in [5, 5.41) is 9.21. The van der Waals surface area contributed by atoms with Gasteiger partial charge in [0.25, 0.3) is 0 Å². The van der Waals surface area contributed by atoms with Crippen LogP contribution in [0.1, 0.15) is 41.2 Å². The van der Waals surface area contributed by atoms with Gasteiger partial charge in [-0.05, 0) is 139 Å². The molecule has 11 nitrogen and oxygen atoms in total. The first-order chi connectivity index (χ1) is 30.1. The highest BCUT2D eigenvalue weighted by molar-refractivity contribution is 5.96. The highest BCUT2D eigenvalue weighted by Gasteiger charge is 2.17. The predicted octanol–water partition coefficient (Wildman–Crippen LogP) is 10.3. The van der Waals surface area contributed by atoms with Gasteiger partial charge in [0, 0.05) is 60.6 Å². The van der Waals surface area contributed by atoms with Gasteiger partial charge in [-0.15, -0.1) is 0 Å². The summed E-state index contributed by atoms with van der Waals surface area (Å²) in [7, 11) is 1.67. The second-order valence-corrected chi connectivity index (χ2v) is 15.1. The molecule has 0 saturated carbocycles. The molecular formula is C51H50N8O3. The van der Waals surface area contributed by atoms with Crippen LogP contribution in [0.3, 0.4) is 0 Å². The van der Waals surface area contributed by atoms with E-state index in [1.807, 2.05) is 161 Å². The smallest absolute Gasteiger partial charge is 0.231 e. The molecule has 0 bridgehead atoms. The number of aromatic amines is 1. The zero-order chi connectivity index (χ0) is 43.4. The molecule has 11 heteroatoms. The van der Waals surface area contributed by atoms with Crippen LogP contribution >= 0.6 is 0 Å². The molecule has 1 unspecified atom stereocenters. The number of aromatic nitrogens is 5. The van der Waals surface area contributed by atoms with Gasteiger partial charge < -0.3 is 25.7 Å². The molecular weight excluding hydrogens is 773 g/mol. The first-order valence-corrected chi connectivity index (χ1v) is 20.5. The van der Waals surface area contributed by atoms with Crippen LogP contribution in [0.2, 0.25) is 0 Å². The van der Waals surface area contributed by atoms with E-state index in [-0.39, 0.29) is 17.7 Å². The van der Waals surface area contributed by atoms with Crippen LogP contribution < -0.4 is 16.0 Å². The summed E-state index contributed by atoms with van der Waals surface area (Å²) < 4.78 is 5.05. The van der Waals surface area contributed by atoms with Crippen LogP contribution in [-0.2, 0) is 20.7 Å². The maximum atomic E-state index is 13.0. The van der Waals surface area contributed by atoms with Crippen LogP contribution in [0.5, 0.6) is 0 Å². The Balaban J connectivity index is 0.000000192. The fourth-order valence-electron chi connectivity index (χ4n) is 6.96. The molecule has 8 aromatic rings. The Hall–Kier alpha value is -7.50. The van der Waals surface area contributed by atoms with E-state index in [4.69, 9.17) is 4.74 Å². The lowest BCUT2D eigenvalue weighted by atomic mass is 9.96. The second-order valence-electron chi connectivity index (χ2n) is 15.1. The fourth-order valence-corrected chi connectivity index (χ4v) is 6.96. The number of imidazole rings is 1. The number of amides is 2. The third-order valence-electron chi connectivity index (χ3n) is 10.3. The van der Waals surface area contributed by atoms with Gasteiger partial charge in [0.05, 0.1) is 30.0 Å². The Kier molecular flexibility index (Phi) is 13.9. The van der Waals surface area contributed by atoms with Crippen molar-refractivity contribution in [3.8, 4) is 33.4 Å². The van der Waals surface area contributed by atoms with E-state index in [0.29, 0.717) is 19.6 Å². The first-order valence-electron chi connectivity index (χ1n) is 20.5. The minimum Gasteiger partial charge on any atom is -0.383 e. The number of fused-ring (bicyclic) bond motifs is 1. The molecule has 0 fully saturated rings. The van der Waals surface area contributed by atoms with Crippen LogP contribution in [0.25, 0.3) is 44.4 Å². The third-order valence-corrected chi connectivity index (χ3v) is 10.3. The number of rotatable bonds is 13. The normalized spacial score (nSPS) is 11.3. The number of H-pyrrole nitrogens is 1. The van der Waals surface area contributed by atoms with Gasteiger partial charge >= 0.3 is 0 Å². The van der Waals surface area contributed by atoms with E-state index >= 15 is 0 Å². The van der Waals surface area contributed by atoms with E-state index in [1.165, 1.54) is 0 Å². The van der Waals surface area contributed by atoms with Crippen LogP contribution in [0, 0.1) is 20.8 Å². The number of hydrogen-bond acceptors (Lipinski definition) is 8. The Bertz CT molecular complexity index is 2770. The molecule has 4 N–H and O–H groups in total. The molecule has 0 aliphatic heterocycles. The van der Waals surface area contributed by atoms with Gasteiger partial charge in [-0.1, -0.05) is 54.6 Å². The molecule has 0 aliphatic carbocycles. The molecule has 62 heavy (non-hydrogen) atoms. The van der Waals surface area contributed by atoms with Gasteiger partial charge in [-0.2, -0.15) is 0 Å². The number of hydrogen-bond donors (Lipinski definition) is 4. The molecule has 0 aliphatic rings. The van der Waals surface area contributed by atoms with E-state index in [1.54, 1.807) is 19.5 Å². The SMILES string of the molecule is COCCNc1ccc(-c2cccc(C(C)C(=O)Nc3ccc(-c4ccnc(C)c4)cc3)c2)cn1.Cc1cc(-c2ccc(NC(=O)Cc3ccc4[nH]c(C)nc4c3)cc2)ccn1. The van der Waals surface area contributed by atoms with Crippen LogP contribution in [0.15, 0.2) is 146 Å². The van der Waals surface area contributed by atoms with Crippen LogP contribution in [-0.4, -0.2) is 57.0 Å². The van der Waals surface area contributed by atoms with E-state index in [0.717, 1.165) is 89.9 Å². The molecule has 0 radical (unpaired) electrons. The minimum atomic E-state index is -0.305. The van der Waals surface area contributed by atoms with Crippen molar-refractivity contribution in [2.75, 3.05) is 36.2 Å². The predicted molar refractivity (Wildman–Crippen MR) is 249 cm³/mol. The summed E-state index contributed by atoms with van der Waals surface area (Å²) in [6.07, 6.45) is 5.76. The molecule has 4 aromatic carbocycles. The minimum absolute atomic E-state index is 0.0471. The lowest BCUT2D eigenvalue weighted by Gasteiger charge is -2.14. The summed E-state index contributed by atoms with van der Waals surface area (Å²) in [5.74, 6) is 1.27. The van der Waals surface area contributed by atoms with Crippen molar-refractivity contribution < 1.29 is 14.3 Å². The number of nitrogens with one attached hydrogen (secondary N) is 4. The lowest BCUT2D eigenvalue weighted by Crippen LogP contribution is -2.18. The average molecular weight is 823 g/mol. The lowest BCUT2D eigenvalue weighted by molar-refractivity contribution is -0.117. The Labute approximate surface area is 362 Å². The number of pyridine rings is 3. The molecule has 0 spiro atoms. The number of ether oxygens (including phenoxy) is 1. The molecule has 1 atom stereocenters. The molecule has 0 saturated heterocycles. The van der Waals surface area contributed by atoms with Crippen molar-refractivity contribution in [3.05, 3.63) is 174 Å². The fraction of sp³-hybridized carbons (Fsp3) is 0.176. The van der Waals surface area contributed by atoms with Crippen molar-refractivity contribution >= 4 is 40.0 Å². The quantitative estimate of drug-likeness (QED) is 0.0841.